The lowest BCUT2D eigenvalue weighted by Crippen LogP contribution is -2.41. The molecule has 0 atom stereocenters. The van der Waals surface area contributed by atoms with E-state index in [0.29, 0.717) is 11.4 Å². The van der Waals surface area contributed by atoms with Gasteiger partial charge in [0.15, 0.2) is 0 Å². The minimum Gasteiger partial charge on any atom is -0.315 e. The van der Waals surface area contributed by atoms with Crippen LogP contribution in [0.5, 0.6) is 0 Å². The number of thiophene rings is 1. The highest BCUT2D eigenvalue weighted by Crippen LogP contribution is 2.31. The quantitative estimate of drug-likeness (QED) is 0.888. The minimum atomic E-state index is -3.30. The Morgan fingerprint density at radius 3 is 2.76 bits per heavy atom. The van der Waals surface area contributed by atoms with E-state index in [2.05, 4.69) is 5.32 Å². The average molecular weight is 274 g/mol. The molecule has 1 saturated carbocycles. The molecule has 6 heteroatoms. The third kappa shape index (κ3) is 2.40. The number of nitrogens with one attached hydrogen (secondary N) is 1. The molecule has 0 bridgehead atoms. The molecule has 1 aliphatic rings. The van der Waals surface area contributed by atoms with Crippen molar-refractivity contribution in [3.63, 3.8) is 0 Å². The van der Waals surface area contributed by atoms with Crippen LogP contribution in [0.15, 0.2) is 16.3 Å². The van der Waals surface area contributed by atoms with Crippen molar-refractivity contribution in [1.82, 2.24) is 9.62 Å². The lowest BCUT2D eigenvalue weighted by Gasteiger charge is -2.33. The molecule has 0 saturated heterocycles. The van der Waals surface area contributed by atoms with Crippen molar-refractivity contribution < 1.29 is 8.42 Å². The summed E-state index contributed by atoms with van der Waals surface area (Å²) >= 11 is 1.49. The van der Waals surface area contributed by atoms with Crippen LogP contribution in [-0.4, -0.2) is 32.9 Å². The molecular weight excluding hydrogens is 256 g/mol. The van der Waals surface area contributed by atoms with Gasteiger partial charge in [0, 0.05) is 24.5 Å². The number of hydrogen-bond acceptors (Lipinski definition) is 4. The first-order valence-electron chi connectivity index (χ1n) is 5.76. The standard InChI is InChI=1S/C11H18N2O2S2/c1-12-8-10-11(6-7-16-10)17(14,15)13(2)9-4-3-5-9/h6-7,9,12H,3-5,8H2,1-2H3. The van der Waals surface area contributed by atoms with Gasteiger partial charge in [0.05, 0.1) is 4.90 Å². The van der Waals surface area contributed by atoms with E-state index in [1.165, 1.54) is 15.6 Å². The molecule has 2 rings (SSSR count). The predicted molar refractivity (Wildman–Crippen MR) is 69.7 cm³/mol. The molecule has 0 amide bonds. The van der Waals surface area contributed by atoms with Gasteiger partial charge < -0.3 is 5.32 Å². The zero-order chi connectivity index (χ0) is 12.5. The largest absolute Gasteiger partial charge is 0.315 e. The minimum absolute atomic E-state index is 0.197. The van der Waals surface area contributed by atoms with E-state index in [1.54, 1.807) is 13.1 Å². The second-order valence-electron chi connectivity index (χ2n) is 4.34. The summed E-state index contributed by atoms with van der Waals surface area (Å²) in [5, 5.41) is 4.85. The van der Waals surface area contributed by atoms with Gasteiger partial charge in [0.2, 0.25) is 10.0 Å². The molecule has 96 valence electrons. The van der Waals surface area contributed by atoms with Gasteiger partial charge in [-0.3, -0.25) is 0 Å². The molecule has 4 nitrogen and oxygen atoms in total. The lowest BCUT2D eigenvalue weighted by molar-refractivity contribution is 0.249. The molecule has 0 spiro atoms. The van der Waals surface area contributed by atoms with Gasteiger partial charge in [-0.25, -0.2) is 8.42 Å². The molecule has 1 N–H and O–H groups in total. The predicted octanol–water partition coefficient (Wildman–Crippen LogP) is 1.64. The fourth-order valence-electron chi connectivity index (χ4n) is 1.95. The van der Waals surface area contributed by atoms with Crippen LogP contribution in [0.4, 0.5) is 0 Å². The van der Waals surface area contributed by atoms with Crippen molar-refractivity contribution >= 4 is 21.4 Å². The Hall–Kier alpha value is -0.430. The Bertz CT molecular complexity index is 477. The second-order valence-corrected chi connectivity index (χ2v) is 7.31. The summed E-state index contributed by atoms with van der Waals surface area (Å²) in [6.07, 6.45) is 3.11. The average Bonchev–Trinajstić information content (AvgIpc) is 2.64. The summed E-state index contributed by atoms with van der Waals surface area (Å²) in [5.41, 5.74) is 0. The van der Waals surface area contributed by atoms with Crippen LogP contribution in [0, 0.1) is 0 Å². The van der Waals surface area contributed by atoms with E-state index >= 15 is 0 Å². The van der Waals surface area contributed by atoms with Gasteiger partial charge in [-0.2, -0.15) is 4.31 Å². The SMILES string of the molecule is CNCc1sccc1S(=O)(=O)N(C)C1CCC1. The molecule has 0 aliphatic heterocycles. The van der Waals surface area contributed by atoms with E-state index in [0.717, 1.165) is 24.1 Å². The molecule has 1 heterocycles. The first kappa shape index (κ1) is 13.0. The fourth-order valence-corrected chi connectivity index (χ4v) is 4.79. The normalized spacial score (nSPS) is 17.4. The van der Waals surface area contributed by atoms with Crippen LogP contribution in [0.1, 0.15) is 24.1 Å². The van der Waals surface area contributed by atoms with Gasteiger partial charge >= 0.3 is 0 Å². The highest BCUT2D eigenvalue weighted by molar-refractivity contribution is 7.89. The Morgan fingerprint density at radius 1 is 1.53 bits per heavy atom. The van der Waals surface area contributed by atoms with E-state index in [1.807, 2.05) is 12.4 Å². The van der Waals surface area contributed by atoms with Crippen molar-refractivity contribution in [2.75, 3.05) is 14.1 Å². The highest BCUT2D eigenvalue weighted by Gasteiger charge is 2.33. The zero-order valence-electron chi connectivity index (χ0n) is 10.1. The maximum Gasteiger partial charge on any atom is 0.244 e. The van der Waals surface area contributed by atoms with Crippen molar-refractivity contribution in [1.29, 1.82) is 0 Å². The molecule has 0 radical (unpaired) electrons. The van der Waals surface area contributed by atoms with Crippen LogP contribution in [0.3, 0.4) is 0 Å². The van der Waals surface area contributed by atoms with Gasteiger partial charge in [0.1, 0.15) is 0 Å². The van der Waals surface area contributed by atoms with Crippen molar-refractivity contribution in [2.24, 2.45) is 0 Å². The van der Waals surface area contributed by atoms with Crippen LogP contribution in [0.25, 0.3) is 0 Å². The smallest absolute Gasteiger partial charge is 0.244 e. The van der Waals surface area contributed by atoms with Gasteiger partial charge in [-0.05, 0) is 31.3 Å². The number of hydrogen-bond donors (Lipinski definition) is 1. The molecule has 1 aromatic heterocycles. The maximum atomic E-state index is 12.4. The summed E-state index contributed by atoms with van der Waals surface area (Å²) in [6, 6.07) is 1.91. The lowest BCUT2D eigenvalue weighted by atomic mass is 9.94. The number of nitrogens with zero attached hydrogens (tertiary/aromatic N) is 1. The van der Waals surface area contributed by atoms with Gasteiger partial charge in [-0.15, -0.1) is 11.3 Å². The van der Waals surface area contributed by atoms with Gasteiger partial charge in [-0.1, -0.05) is 6.42 Å². The fraction of sp³-hybridized carbons (Fsp3) is 0.636. The Morgan fingerprint density at radius 2 is 2.24 bits per heavy atom. The van der Waals surface area contributed by atoms with Crippen molar-refractivity contribution in [2.45, 2.75) is 36.7 Å². The highest BCUT2D eigenvalue weighted by atomic mass is 32.2. The van der Waals surface area contributed by atoms with E-state index < -0.39 is 10.0 Å². The van der Waals surface area contributed by atoms with Crippen LogP contribution >= 0.6 is 11.3 Å². The molecule has 17 heavy (non-hydrogen) atoms. The molecule has 1 aromatic rings. The third-order valence-corrected chi connectivity index (χ3v) is 6.33. The molecule has 0 unspecified atom stereocenters. The Balaban J connectivity index is 2.27. The Kier molecular flexibility index (Phi) is 3.87. The van der Waals surface area contributed by atoms with Gasteiger partial charge in [0.25, 0.3) is 0 Å². The second kappa shape index (κ2) is 5.06. The summed E-state index contributed by atoms with van der Waals surface area (Å²) in [7, 11) is 0.215. The van der Waals surface area contributed by atoms with E-state index in [-0.39, 0.29) is 6.04 Å². The summed E-state index contributed by atoms with van der Waals surface area (Å²) in [5.74, 6) is 0. The van der Waals surface area contributed by atoms with E-state index in [9.17, 15) is 8.42 Å². The topological polar surface area (TPSA) is 49.4 Å². The van der Waals surface area contributed by atoms with E-state index in [4.69, 9.17) is 0 Å². The van der Waals surface area contributed by atoms with Crippen molar-refractivity contribution in [3.8, 4) is 0 Å². The first-order valence-corrected chi connectivity index (χ1v) is 8.08. The monoisotopic (exact) mass is 274 g/mol. The molecule has 1 fully saturated rings. The Labute approximate surface area is 107 Å². The molecular formula is C11H18N2O2S2. The summed E-state index contributed by atoms with van der Waals surface area (Å²) < 4.78 is 26.4. The molecule has 0 aromatic carbocycles. The van der Waals surface area contributed by atoms with Crippen LogP contribution < -0.4 is 5.32 Å². The third-order valence-electron chi connectivity index (χ3n) is 3.29. The summed E-state index contributed by atoms with van der Waals surface area (Å²) in [4.78, 5) is 1.35. The molecule has 1 aliphatic carbocycles. The van der Waals surface area contributed by atoms with Crippen LogP contribution in [-0.2, 0) is 16.6 Å². The number of rotatable bonds is 5. The summed E-state index contributed by atoms with van der Waals surface area (Å²) in [6.45, 7) is 0.602. The zero-order valence-corrected chi connectivity index (χ0v) is 11.8. The first-order chi connectivity index (χ1) is 8.07. The maximum absolute atomic E-state index is 12.4. The van der Waals surface area contributed by atoms with Crippen molar-refractivity contribution in [3.05, 3.63) is 16.3 Å². The number of sulfonamides is 1. The van der Waals surface area contributed by atoms with Crippen LogP contribution in [0.2, 0.25) is 0 Å².